The summed E-state index contributed by atoms with van der Waals surface area (Å²) < 4.78 is 2.03. The van der Waals surface area contributed by atoms with Gasteiger partial charge in [0.2, 0.25) is 0 Å². The Morgan fingerprint density at radius 1 is 1.31 bits per heavy atom. The molecular weight excluding hydrogens is 451 g/mol. The zero-order valence-electron chi connectivity index (χ0n) is 8.62. The Bertz CT molecular complexity index is 382. The Balaban J connectivity index is 0.00000128. The standard InChI is InChI=1S/C11H13I2NO.ClH/c12-7-4-8(11(15)9(13)5-7)10(14)6-2-1-3-6;/h4-6,10,15H,1-3,14H2;1H/t10-;/m0./s1. The molecule has 0 spiro atoms. The number of nitrogens with two attached hydrogens (primary N) is 1. The van der Waals surface area contributed by atoms with Crippen LogP contribution in [0.5, 0.6) is 5.75 Å². The third-order valence-corrected chi connectivity index (χ3v) is 4.52. The molecule has 2 nitrogen and oxygen atoms in total. The maximum Gasteiger partial charge on any atom is 0.133 e. The molecule has 1 saturated carbocycles. The van der Waals surface area contributed by atoms with Gasteiger partial charge in [0.1, 0.15) is 5.75 Å². The number of benzene rings is 1. The molecule has 0 saturated heterocycles. The summed E-state index contributed by atoms with van der Waals surface area (Å²) in [5, 5.41) is 9.97. The van der Waals surface area contributed by atoms with Crippen LogP contribution in [0.15, 0.2) is 12.1 Å². The van der Waals surface area contributed by atoms with Crippen LogP contribution < -0.4 is 5.73 Å². The number of rotatable bonds is 2. The molecule has 90 valence electrons. The number of halogens is 3. The van der Waals surface area contributed by atoms with Crippen molar-refractivity contribution in [1.29, 1.82) is 0 Å². The number of phenolic OH excluding ortho intramolecular Hbond substituents is 1. The molecule has 1 aromatic rings. The highest BCUT2D eigenvalue weighted by Gasteiger charge is 2.27. The van der Waals surface area contributed by atoms with Gasteiger partial charge < -0.3 is 10.8 Å². The molecule has 0 aromatic heterocycles. The number of phenols is 1. The van der Waals surface area contributed by atoms with E-state index in [2.05, 4.69) is 45.2 Å². The van der Waals surface area contributed by atoms with Crippen LogP contribution in [-0.4, -0.2) is 5.11 Å². The van der Waals surface area contributed by atoms with Crippen LogP contribution in [0.1, 0.15) is 30.9 Å². The monoisotopic (exact) mass is 465 g/mol. The number of hydrogen-bond acceptors (Lipinski definition) is 2. The molecule has 0 unspecified atom stereocenters. The van der Waals surface area contributed by atoms with Crippen molar-refractivity contribution in [2.45, 2.75) is 25.3 Å². The molecule has 0 bridgehead atoms. The van der Waals surface area contributed by atoms with E-state index >= 15 is 0 Å². The van der Waals surface area contributed by atoms with Gasteiger partial charge in [-0.15, -0.1) is 12.4 Å². The lowest BCUT2D eigenvalue weighted by Crippen LogP contribution is -2.27. The van der Waals surface area contributed by atoms with Gasteiger partial charge in [-0.25, -0.2) is 0 Å². The summed E-state index contributed by atoms with van der Waals surface area (Å²) in [5.74, 6) is 0.931. The Morgan fingerprint density at radius 2 is 1.94 bits per heavy atom. The first kappa shape index (κ1) is 14.8. The fourth-order valence-electron chi connectivity index (χ4n) is 1.89. The first-order valence-corrected chi connectivity index (χ1v) is 7.19. The molecule has 0 amide bonds. The van der Waals surface area contributed by atoms with Crippen molar-refractivity contribution in [2.75, 3.05) is 0 Å². The number of aromatic hydroxyl groups is 1. The van der Waals surface area contributed by atoms with E-state index in [1.807, 2.05) is 12.1 Å². The fourth-order valence-corrected chi connectivity index (χ4v) is 3.78. The van der Waals surface area contributed by atoms with Crippen LogP contribution in [0.3, 0.4) is 0 Å². The van der Waals surface area contributed by atoms with E-state index in [-0.39, 0.29) is 18.4 Å². The summed E-state index contributed by atoms with van der Waals surface area (Å²) in [7, 11) is 0. The zero-order valence-corrected chi connectivity index (χ0v) is 13.8. The molecule has 1 atom stereocenters. The molecule has 0 radical (unpaired) electrons. The fraction of sp³-hybridized carbons (Fsp3) is 0.455. The summed E-state index contributed by atoms with van der Waals surface area (Å²) in [6.07, 6.45) is 3.67. The van der Waals surface area contributed by atoms with Gasteiger partial charge >= 0.3 is 0 Å². The van der Waals surface area contributed by atoms with Crippen LogP contribution >= 0.6 is 57.6 Å². The van der Waals surface area contributed by atoms with Crippen molar-refractivity contribution in [3.63, 3.8) is 0 Å². The molecule has 16 heavy (non-hydrogen) atoms. The molecule has 5 heteroatoms. The van der Waals surface area contributed by atoms with Crippen LogP contribution in [0.2, 0.25) is 0 Å². The van der Waals surface area contributed by atoms with E-state index in [1.54, 1.807) is 0 Å². The van der Waals surface area contributed by atoms with Crippen LogP contribution in [0, 0.1) is 13.1 Å². The first-order valence-electron chi connectivity index (χ1n) is 5.03. The summed E-state index contributed by atoms with van der Waals surface area (Å²) in [4.78, 5) is 0. The van der Waals surface area contributed by atoms with Gasteiger partial charge in [-0.3, -0.25) is 0 Å². The van der Waals surface area contributed by atoms with Gasteiger partial charge in [0.25, 0.3) is 0 Å². The summed E-state index contributed by atoms with van der Waals surface area (Å²) in [5.41, 5.74) is 7.09. The second-order valence-corrected chi connectivity index (χ2v) is 6.45. The van der Waals surface area contributed by atoms with Crippen LogP contribution in [0.25, 0.3) is 0 Å². The van der Waals surface area contributed by atoms with Crippen molar-refractivity contribution >= 4 is 57.6 Å². The van der Waals surface area contributed by atoms with Gasteiger partial charge in [-0.1, -0.05) is 6.42 Å². The smallest absolute Gasteiger partial charge is 0.133 e. The van der Waals surface area contributed by atoms with Crippen molar-refractivity contribution in [2.24, 2.45) is 11.7 Å². The lowest BCUT2D eigenvalue weighted by Gasteiger charge is -2.32. The predicted molar refractivity (Wildman–Crippen MR) is 85.1 cm³/mol. The highest BCUT2D eigenvalue weighted by Crippen LogP contribution is 2.40. The molecule has 2 rings (SSSR count). The molecule has 0 aliphatic heterocycles. The Morgan fingerprint density at radius 3 is 2.44 bits per heavy atom. The topological polar surface area (TPSA) is 46.2 Å². The first-order chi connectivity index (χ1) is 7.09. The highest BCUT2D eigenvalue weighted by molar-refractivity contribution is 14.1. The third kappa shape index (κ3) is 2.94. The average molecular weight is 466 g/mol. The van der Waals surface area contributed by atoms with Crippen LogP contribution in [0.4, 0.5) is 0 Å². The lowest BCUT2D eigenvalue weighted by atomic mass is 9.77. The molecule has 1 fully saturated rings. The van der Waals surface area contributed by atoms with E-state index in [0.717, 1.165) is 12.7 Å². The van der Waals surface area contributed by atoms with E-state index < -0.39 is 0 Å². The minimum atomic E-state index is 0. The zero-order chi connectivity index (χ0) is 11.0. The quantitative estimate of drug-likeness (QED) is 0.653. The van der Waals surface area contributed by atoms with Crippen molar-refractivity contribution in [1.82, 2.24) is 0 Å². The Hall–Kier alpha value is 0.730. The van der Waals surface area contributed by atoms with Gasteiger partial charge in [0, 0.05) is 15.2 Å². The Kier molecular flexibility index (Phi) is 5.60. The summed E-state index contributed by atoms with van der Waals surface area (Å²) in [6.45, 7) is 0. The number of hydrogen-bond donors (Lipinski definition) is 2. The maximum absolute atomic E-state index is 9.97. The van der Waals surface area contributed by atoms with E-state index in [1.165, 1.54) is 19.3 Å². The van der Waals surface area contributed by atoms with Gasteiger partial charge in [-0.2, -0.15) is 0 Å². The predicted octanol–water partition coefficient (Wildman–Crippen LogP) is 3.82. The maximum atomic E-state index is 9.97. The Labute approximate surface area is 129 Å². The average Bonchev–Trinajstić information content (AvgIpc) is 2.08. The van der Waals surface area contributed by atoms with E-state index in [9.17, 15) is 5.11 Å². The minimum absolute atomic E-state index is 0. The van der Waals surface area contributed by atoms with Crippen molar-refractivity contribution < 1.29 is 5.11 Å². The third-order valence-electron chi connectivity index (χ3n) is 3.07. The SMILES string of the molecule is Cl.N[C@H](c1cc(I)cc(I)c1O)C1CCC1. The van der Waals surface area contributed by atoms with Crippen LogP contribution in [-0.2, 0) is 0 Å². The van der Waals surface area contributed by atoms with Gasteiger partial charge in [0.05, 0.1) is 3.57 Å². The molecule has 1 aliphatic rings. The summed E-state index contributed by atoms with van der Waals surface area (Å²) in [6, 6.07) is 3.97. The molecule has 0 heterocycles. The van der Waals surface area contributed by atoms with Gasteiger partial charge in [0.15, 0.2) is 0 Å². The normalized spacial score (nSPS) is 17.4. The largest absolute Gasteiger partial charge is 0.506 e. The second kappa shape index (κ2) is 6.06. The van der Waals surface area contributed by atoms with Gasteiger partial charge in [-0.05, 0) is 76.1 Å². The molecule has 1 aromatic carbocycles. The highest BCUT2D eigenvalue weighted by atomic mass is 127. The molecule has 3 N–H and O–H groups in total. The second-order valence-electron chi connectivity index (χ2n) is 4.04. The summed E-state index contributed by atoms with van der Waals surface area (Å²) >= 11 is 4.42. The molecular formula is C11H14ClI2NO. The molecule has 1 aliphatic carbocycles. The lowest BCUT2D eigenvalue weighted by molar-refractivity contribution is 0.260. The van der Waals surface area contributed by atoms with E-state index in [4.69, 9.17) is 5.73 Å². The van der Waals surface area contributed by atoms with Crippen molar-refractivity contribution in [3.8, 4) is 5.75 Å². The van der Waals surface area contributed by atoms with Crippen molar-refractivity contribution in [3.05, 3.63) is 24.8 Å². The van der Waals surface area contributed by atoms with E-state index in [0.29, 0.717) is 11.7 Å². The minimum Gasteiger partial charge on any atom is -0.506 e.